The molecule has 4 nitrogen and oxygen atoms in total. The monoisotopic (exact) mass is 234 g/mol. The number of anilines is 1. The summed E-state index contributed by atoms with van der Waals surface area (Å²) in [6.45, 7) is 3.87. The quantitative estimate of drug-likeness (QED) is 0.735. The summed E-state index contributed by atoms with van der Waals surface area (Å²) in [7, 11) is 1.41. The van der Waals surface area contributed by atoms with Crippen molar-refractivity contribution in [2.75, 3.05) is 25.1 Å². The van der Waals surface area contributed by atoms with Gasteiger partial charge in [-0.2, -0.15) is 0 Å². The molecule has 0 amide bonds. The maximum Gasteiger partial charge on any atom is 0.341 e. The summed E-state index contributed by atoms with van der Waals surface area (Å²) < 4.78 is 4.82. The van der Waals surface area contributed by atoms with Crippen LogP contribution in [0.3, 0.4) is 0 Å². The Labute approximate surface area is 102 Å². The minimum absolute atomic E-state index is 0.304. The molecule has 4 heteroatoms. The lowest BCUT2D eigenvalue weighted by Crippen LogP contribution is -2.31. The average Bonchev–Trinajstić information content (AvgIpc) is 2.38. The number of ether oxygens (including phenoxy) is 1. The molecule has 17 heavy (non-hydrogen) atoms. The summed E-state index contributed by atoms with van der Waals surface area (Å²) in [6, 6.07) is 1.85. The first kappa shape index (κ1) is 11.9. The Morgan fingerprint density at radius 1 is 1.35 bits per heavy atom. The van der Waals surface area contributed by atoms with E-state index in [1.54, 1.807) is 6.20 Å². The molecule has 0 aliphatic carbocycles. The SMILES string of the molecule is COC(=O)c1cc(C)cnc1N1CCCCC1. The zero-order valence-electron chi connectivity index (χ0n) is 10.4. The van der Waals surface area contributed by atoms with Gasteiger partial charge in [0.1, 0.15) is 11.4 Å². The number of carbonyl (C=O) groups excluding carboxylic acids is 1. The molecule has 1 aromatic rings. The summed E-state index contributed by atoms with van der Waals surface area (Å²) in [4.78, 5) is 18.3. The van der Waals surface area contributed by atoms with Crippen molar-refractivity contribution in [2.45, 2.75) is 26.2 Å². The minimum Gasteiger partial charge on any atom is -0.465 e. The van der Waals surface area contributed by atoms with Gasteiger partial charge >= 0.3 is 5.97 Å². The number of rotatable bonds is 2. The van der Waals surface area contributed by atoms with Gasteiger partial charge in [0.25, 0.3) is 0 Å². The molecule has 0 atom stereocenters. The van der Waals surface area contributed by atoms with Crippen molar-refractivity contribution in [3.63, 3.8) is 0 Å². The third kappa shape index (κ3) is 2.57. The van der Waals surface area contributed by atoms with Crippen LogP contribution in [0, 0.1) is 6.92 Å². The molecule has 1 fully saturated rings. The van der Waals surface area contributed by atoms with Crippen LogP contribution in [0.5, 0.6) is 0 Å². The van der Waals surface area contributed by atoms with E-state index in [0.29, 0.717) is 5.56 Å². The molecule has 0 aromatic carbocycles. The largest absolute Gasteiger partial charge is 0.465 e. The zero-order valence-corrected chi connectivity index (χ0v) is 10.4. The molecule has 2 rings (SSSR count). The standard InChI is InChI=1S/C13H18N2O2/c1-10-8-11(13(16)17-2)12(14-9-10)15-6-4-3-5-7-15/h8-9H,3-7H2,1-2H3. The Kier molecular flexibility index (Phi) is 3.61. The summed E-state index contributed by atoms with van der Waals surface area (Å²) >= 11 is 0. The Morgan fingerprint density at radius 2 is 2.06 bits per heavy atom. The third-order valence-corrected chi connectivity index (χ3v) is 3.06. The van der Waals surface area contributed by atoms with Crippen LogP contribution in [0.2, 0.25) is 0 Å². The molecular weight excluding hydrogens is 216 g/mol. The number of esters is 1. The van der Waals surface area contributed by atoms with Gasteiger partial charge < -0.3 is 9.64 Å². The smallest absolute Gasteiger partial charge is 0.341 e. The van der Waals surface area contributed by atoms with Crippen molar-refractivity contribution in [1.82, 2.24) is 4.98 Å². The molecule has 0 N–H and O–H groups in total. The summed E-state index contributed by atoms with van der Waals surface area (Å²) in [5.74, 6) is 0.462. The van der Waals surface area contributed by atoms with Crippen molar-refractivity contribution in [3.05, 3.63) is 23.4 Å². The van der Waals surface area contributed by atoms with Crippen LogP contribution in [0.15, 0.2) is 12.3 Å². The first-order valence-electron chi connectivity index (χ1n) is 6.02. The lowest BCUT2D eigenvalue weighted by Gasteiger charge is -2.29. The highest BCUT2D eigenvalue weighted by Crippen LogP contribution is 2.23. The summed E-state index contributed by atoms with van der Waals surface area (Å²) in [6.07, 6.45) is 5.39. The van der Waals surface area contributed by atoms with Gasteiger partial charge in [-0.3, -0.25) is 0 Å². The molecule has 2 heterocycles. The van der Waals surface area contributed by atoms with Crippen LogP contribution in [0.4, 0.5) is 5.82 Å². The number of methoxy groups -OCH3 is 1. The predicted molar refractivity (Wildman–Crippen MR) is 66.4 cm³/mol. The number of piperidine rings is 1. The Bertz CT molecular complexity index is 412. The van der Waals surface area contributed by atoms with Crippen molar-refractivity contribution in [1.29, 1.82) is 0 Å². The number of aryl methyl sites for hydroxylation is 1. The van der Waals surface area contributed by atoms with Crippen molar-refractivity contribution >= 4 is 11.8 Å². The van der Waals surface area contributed by atoms with E-state index in [-0.39, 0.29) is 5.97 Å². The first-order chi connectivity index (χ1) is 8.22. The van der Waals surface area contributed by atoms with Gasteiger partial charge in [-0.25, -0.2) is 9.78 Å². The van der Waals surface area contributed by atoms with Gasteiger partial charge in [0.2, 0.25) is 0 Å². The van der Waals surface area contributed by atoms with Crippen molar-refractivity contribution in [3.8, 4) is 0 Å². The molecular formula is C13H18N2O2. The molecule has 0 bridgehead atoms. The van der Waals surface area contributed by atoms with Crippen molar-refractivity contribution in [2.24, 2.45) is 0 Å². The van der Waals surface area contributed by atoms with Crippen molar-refractivity contribution < 1.29 is 9.53 Å². The van der Waals surface area contributed by atoms with Gasteiger partial charge in [0.05, 0.1) is 7.11 Å². The van der Waals surface area contributed by atoms with E-state index in [2.05, 4.69) is 9.88 Å². The molecule has 0 radical (unpaired) electrons. The molecule has 1 aliphatic heterocycles. The zero-order chi connectivity index (χ0) is 12.3. The van der Waals surface area contributed by atoms with E-state index in [9.17, 15) is 4.79 Å². The lowest BCUT2D eigenvalue weighted by atomic mass is 10.1. The predicted octanol–water partition coefficient (Wildman–Crippen LogP) is 2.17. The number of carbonyl (C=O) groups is 1. The van der Waals surface area contributed by atoms with Crippen LogP contribution >= 0.6 is 0 Å². The molecule has 1 aromatic heterocycles. The van der Waals surface area contributed by atoms with E-state index in [1.165, 1.54) is 13.5 Å². The molecule has 1 aliphatic rings. The van der Waals surface area contributed by atoms with Gasteiger partial charge in [-0.05, 0) is 37.8 Å². The number of nitrogens with zero attached hydrogens (tertiary/aromatic N) is 2. The van der Waals surface area contributed by atoms with E-state index in [1.807, 2.05) is 13.0 Å². The van der Waals surface area contributed by atoms with E-state index in [0.717, 1.165) is 37.3 Å². The van der Waals surface area contributed by atoms with Crippen LogP contribution < -0.4 is 4.90 Å². The Balaban J connectivity index is 2.34. The molecule has 0 unspecified atom stereocenters. The normalized spacial score (nSPS) is 15.8. The second-order valence-corrected chi connectivity index (χ2v) is 4.42. The van der Waals surface area contributed by atoms with Gasteiger partial charge in [0.15, 0.2) is 0 Å². The average molecular weight is 234 g/mol. The maximum absolute atomic E-state index is 11.7. The fourth-order valence-corrected chi connectivity index (χ4v) is 2.18. The summed E-state index contributed by atoms with van der Waals surface area (Å²) in [5, 5.41) is 0. The second kappa shape index (κ2) is 5.17. The van der Waals surface area contributed by atoms with Crippen LogP contribution in [-0.2, 0) is 4.74 Å². The molecule has 92 valence electrons. The Morgan fingerprint density at radius 3 is 2.71 bits per heavy atom. The molecule has 1 saturated heterocycles. The van der Waals surface area contributed by atoms with E-state index < -0.39 is 0 Å². The fraction of sp³-hybridized carbons (Fsp3) is 0.538. The third-order valence-electron chi connectivity index (χ3n) is 3.06. The topological polar surface area (TPSA) is 42.4 Å². The van der Waals surface area contributed by atoms with Gasteiger partial charge in [-0.1, -0.05) is 0 Å². The lowest BCUT2D eigenvalue weighted by molar-refractivity contribution is 0.0601. The second-order valence-electron chi connectivity index (χ2n) is 4.42. The van der Waals surface area contributed by atoms with Crippen LogP contribution in [0.1, 0.15) is 35.2 Å². The summed E-state index contributed by atoms with van der Waals surface area (Å²) in [5.41, 5.74) is 1.56. The molecule has 0 spiro atoms. The number of hydrogen-bond acceptors (Lipinski definition) is 4. The molecule has 0 saturated carbocycles. The van der Waals surface area contributed by atoms with Gasteiger partial charge in [0, 0.05) is 19.3 Å². The van der Waals surface area contributed by atoms with Crippen LogP contribution in [0.25, 0.3) is 0 Å². The van der Waals surface area contributed by atoms with E-state index in [4.69, 9.17) is 4.74 Å². The van der Waals surface area contributed by atoms with Gasteiger partial charge in [-0.15, -0.1) is 0 Å². The highest BCUT2D eigenvalue weighted by molar-refractivity contribution is 5.95. The highest BCUT2D eigenvalue weighted by Gasteiger charge is 2.20. The van der Waals surface area contributed by atoms with Crippen LogP contribution in [-0.4, -0.2) is 31.2 Å². The number of hydrogen-bond donors (Lipinski definition) is 0. The minimum atomic E-state index is -0.304. The number of aromatic nitrogens is 1. The number of pyridine rings is 1. The fourth-order valence-electron chi connectivity index (χ4n) is 2.18. The Hall–Kier alpha value is -1.58. The maximum atomic E-state index is 11.7. The first-order valence-corrected chi connectivity index (χ1v) is 6.02. The highest BCUT2D eigenvalue weighted by atomic mass is 16.5. The van der Waals surface area contributed by atoms with E-state index >= 15 is 0 Å².